The molecule has 14 aromatic carbocycles. The smallest absolute Gasteiger partial charge is 0.0547 e. The minimum Gasteiger partial charge on any atom is -0.311 e. The maximum Gasteiger partial charge on any atom is 0.0547 e. The molecule has 5 nitrogen and oxygen atoms in total. The van der Waals surface area contributed by atoms with E-state index in [2.05, 4.69) is 385 Å². The van der Waals surface area contributed by atoms with Crippen LogP contribution in [0.4, 0.5) is 51.2 Å². The first-order chi connectivity index (χ1) is 46.6. The largest absolute Gasteiger partial charge is 0.311 e. The minimum atomic E-state index is -0.247. The highest BCUT2D eigenvalue weighted by molar-refractivity contribution is 6.11. The lowest BCUT2D eigenvalue weighted by atomic mass is 9.73. The van der Waals surface area contributed by atoms with Crippen molar-refractivity contribution in [2.45, 2.75) is 38.5 Å². The molecule has 2 aliphatic rings. The molecule has 0 atom stereocenters. The Bertz CT molecular complexity index is 5550. The fourth-order valence-electron chi connectivity index (χ4n) is 15.8. The molecule has 0 saturated heterocycles. The standard InChI is InChI=1S/C90H67N5/c1-89(2)77-28-11-17-34-84(77)94(85-35-18-12-29-78(85)89)71-23-20-24-72(59-71)95-86-36-19-13-30-79(86)90(3,4)80-56-46-65(58-88(80)95)64-45-55-76-75-27-10-16-33-83(75)93(87(76)57-64)70-53-43-63(44-54-70)61-39-49-68(50-40-61)91(66-21-6-5-7-22-66)67-47-37-60(38-48-67)62-41-51-69(52-42-62)92-81-31-14-8-25-73(81)74-26-9-15-32-82(74)92/h5-59H,1-4H3. The molecule has 452 valence electrons. The summed E-state index contributed by atoms with van der Waals surface area (Å²) in [6.45, 7) is 9.45. The van der Waals surface area contributed by atoms with Gasteiger partial charge in [0.1, 0.15) is 0 Å². The summed E-state index contributed by atoms with van der Waals surface area (Å²) in [7, 11) is 0. The van der Waals surface area contributed by atoms with Crippen LogP contribution >= 0.6 is 0 Å². The van der Waals surface area contributed by atoms with E-state index in [9.17, 15) is 0 Å². The van der Waals surface area contributed by atoms with Crippen LogP contribution in [-0.4, -0.2) is 9.13 Å². The monoisotopic (exact) mass is 1220 g/mol. The van der Waals surface area contributed by atoms with Gasteiger partial charge in [0.05, 0.1) is 44.8 Å². The topological polar surface area (TPSA) is 19.6 Å². The summed E-state index contributed by atoms with van der Waals surface area (Å²) in [5.41, 5.74) is 29.2. The molecule has 0 radical (unpaired) electrons. The number of hydrogen-bond donors (Lipinski definition) is 0. The molecule has 16 aromatic rings. The molecule has 2 aliphatic heterocycles. The van der Waals surface area contributed by atoms with E-state index in [1.165, 1.54) is 105 Å². The van der Waals surface area contributed by atoms with Crippen molar-refractivity contribution in [3.63, 3.8) is 0 Å². The van der Waals surface area contributed by atoms with E-state index in [4.69, 9.17) is 0 Å². The maximum absolute atomic E-state index is 2.51. The summed E-state index contributed by atoms with van der Waals surface area (Å²) in [5, 5.41) is 4.99. The zero-order valence-electron chi connectivity index (χ0n) is 53.5. The highest BCUT2D eigenvalue weighted by Crippen LogP contribution is 2.56. The number of aromatic nitrogens is 2. The second-order valence-electron chi connectivity index (χ2n) is 26.5. The predicted molar refractivity (Wildman–Crippen MR) is 400 cm³/mol. The zero-order valence-corrected chi connectivity index (χ0v) is 53.5. The highest BCUT2D eigenvalue weighted by Gasteiger charge is 2.39. The van der Waals surface area contributed by atoms with Gasteiger partial charge in [-0.25, -0.2) is 0 Å². The number of hydrogen-bond acceptors (Lipinski definition) is 3. The molecule has 0 spiro atoms. The molecule has 0 N–H and O–H groups in total. The summed E-state index contributed by atoms with van der Waals surface area (Å²) < 4.78 is 4.81. The quantitative estimate of drug-likeness (QED) is 0.136. The van der Waals surface area contributed by atoms with Crippen LogP contribution in [0.3, 0.4) is 0 Å². The molecule has 0 fully saturated rings. The molecule has 0 unspecified atom stereocenters. The summed E-state index contributed by atoms with van der Waals surface area (Å²) in [6, 6.07) is 123. The van der Waals surface area contributed by atoms with Crippen molar-refractivity contribution >= 4 is 94.8 Å². The van der Waals surface area contributed by atoms with Gasteiger partial charge >= 0.3 is 0 Å². The number of anilines is 9. The van der Waals surface area contributed by atoms with Crippen molar-refractivity contribution in [2.24, 2.45) is 0 Å². The van der Waals surface area contributed by atoms with Gasteiger partial charge in [0.25, 0.3) is 0 Å². The highest BCUT2D eigenvalue weighted by atomic mass is 15.2. The average molecular weight is 1220 g/mol. The molecule has 0 saturated carbocycles. The van der Waals surface area contributed by atoms with Crippen LogP contribution in [-0.2, 0) is 10.8 Å². The predicted octanol–water partition coefficient (Wildman–Crippen LogP) is 24.6. The van der Waals surface area contributed by atoms with Crippen molar-refractivity contribution in [3.05, 3.63) is 356 Å². The van der Waals surface area contributed by atoms with Gasteiger partial charge in [0.2, 0.25) is 0 Å². The van der Waals surface area contributed by atoms with Crippen LogP contribution in [0.15, 0.2) is 334 Å². The average Bonchev–Trinajstić information content (AvgIpc) is 1.63. The van der Waals surface area contributed by atoms with Gasteiger partial charge in [-0.15, -0.1) is 0 Å². The van der Waals surface area contributed by atoms with E-state index < -0.39 is 0 Å². The second-order valence-corrected chi connectivity index (χ2v) is 26.5. The molecule has 2 aromatic heterocycles. The van der Waals surface area contributed by atoms with Crippen LogP contribution in [0, 0.1) is 0 Å². The van der Waals surface area contributed by atoms with E-state index >= 15 is 0 Å². The lowest BCUT2D eigenvalue weighted by Crippen LogP contribution is -2.31. The third-order valence-corrected chi connectivity index (χ3v) is 20.5. The van der Waals surface area contributed by atoms with E-state index in [1.54, 1.807) is 0 Å². The molecule has 0 amide bonds. The molecular formula is C90H67N5. The Balaban J connectivity index is 0.658. The third-order valence-electron chi connectivity index (χ3n) is 20.5. The van der Waals surface area contributed by atoms with E-state index in [-0.39, 0.29) is 10.8 Å². The third kappa shape index (κ3) is 8.98. The second kappa shape index (κ2) is 21.9. The summed E-state index contributed by atoms with van der Waals surface area (Å²) in [5.74, 6) is 0. The molecule has 95 heavy (non-hydrogen) atoms. The Kier molecular flexibility index (Phi) is 12.9. The molecule has 5 heteroatoms. The van der Waals surface area contributed by atoms with E-state index in [0.29, 0.717) is 0 Å². The minimum absolute atomic E-state index is 0.149. The Morgan fingerprint density at radius 1 is 0.221 bits per heavy atom. The fourth-order valence-corrected chi connectivity index (χ4v) is 15.8. The molecule has 0 aliphatic carbocycles. The Labute approximate surface area is 554 Å². The summed E-state index contributed by atoms with van der Waals surface area (Å²) >= 11 is 0. The van der Waals surface area contributed by atoms with Gasteiger partial charge in [0.15, 0.2) is 0 Å². The van der Waals surface area contributed by atoms with Crippen molar-refractivity contribution in [1.29, 1.82) is 0 Å². The zero-order chi connectivity index (χ0) is 63.5. The molecule has 4 heterocycles. The van der Waals surface area contributed by atoms with Crippen molar-refractivity contribution in [1.82, 2.24) is 9.13 Å². The van der Waals surface area contributed by atoms with Gasteiger partial charge in [-0.3, -0.25) is 0 Å². The van der Waals surface area contributed by atoms with Gasteiger partial charge in [-0.1, -0.05) is 234 Å². The van der Waals surface area contributed by atoms with Crippen LogP contribution in [0.2, 0.25) is 0 Å². The van der Waals surface area contributed by atoms with Crippen LogP contribution < -0.4 is 14.7 Å². The van der Waals surface area contributed by atoms with Crippen molar-refractivity contribution < 1.29 is 0 Å². The summed E-state index contributed by atoms with van der Waals surface area (Å²) in [4.78, 5) is 7.31. The van der Waals surface area contributed by atoms with Crippen molar-refractivity contribution in [3.8, 4) is 44.8 Å². The van der Waals surface area contributed by atoms with Crippen LogP contribution in [0.1, 0.15) is 49.9 Å². The number of rotatable bonds is 10. The SMILES string of the molecule is CC1(C)c2ccccc2N(c2cccc(N3c4ccccc4C(C)(C)c4ccc(-c5ccc6c7ccccc7n(-c7ccc(-c8ccc(N(c9ccccc9)c9ccc(-c%10ccc(-n%11c%12ccccc%12c%12ccccc%12%11)cc%10)cc9)cc8)cc7)c6c5)cc43)c2)c2ccccc21. The number of benzene rings is 14. The Hall–Kier alpha value is -11.9. The van der Waals surface area contributed by atoms with Gasteiger partial charge in [-0.2, -0.15) is 0 Å². The van der Waals surface area contributed by atoms with Gasteiger partial charge < -0.3 is 23.8 Å². The normalized spacial score (nSPS) is 13.6. The lowest BCUT2D eigenvalue weighted by Gasteiger charge is -2.43. The molecule has 0 bridgehead atoms. The van der Waals surface area contributed by atoms with Gasteiger partial charge in [0, 0.05) is 72.2 Å². The molecule has 18 rings (SSSR count). The first-order valence-electron chi connectivity index (χ1n) is 33.1. The van der Waals surface area contributed by atoms with E-state index in [1.807, 2.05) is 0 Å². The first kappa shape index (κ1) is 55.9. The Morgan fingerprint density at radius 2 is 0.558 bits per heavy atom. The summed E-state index contributed by atoms with van der Waals surface area (Å²) in [6.07, 6.45) is 0. The van der Waals surface area contributed by atoms with Crippen LogP contribution in [0.5, 0.6) is 0 Å². The first-order valence-corrected chi connectivity index (χ1v) is 33.1. The maximum atomic E-state index is 2.51. The number of para-hydroxylation sites is 7. The fraction of sp³-hybridized carbons (Fsp3) is 0.0667. The van der Waals surface area contributed by atoms with E-state index in [0.717, 1.165) is 56.5 Å². The molecular weight excluding hydrogens is 1150 g/mol. The van der Waals surface area contributed by atoms with Gasteiger partial charge in [-0.05, 0) is 183 Å². The number of fused-ring (bicyclic) bond motifs is 10. The van der Waals surface area contributed by atoms with Crippen LogP contribution in [0.25, 0.3) is 88.4 Å². The Morgan fingerprint density at radius 3 is 1.03 bits per heavy atom. The van der Waals surface area contributed by atoms with Crippen molar-refractivity contribution in [2.75, 3.05) is 14.7 Å². The number of nitrogens with zero attached hydrogens (tertiary/aromatic N) is 5. The lowest BCUT2D eigenvalue weighted by molar-refractivity contribution is 0.631.